The van der Waals surface area contributed by atoms with Gasteiger partial charge in [-0.2, -0.15) is 0 Å². The third-order valence-corrected chi connectivity index (χ3v) is 4.30. The first kappa shape index (κ1) is 14.1. The molecular formula is C12H26N2OS. The molecule has 1 saturated heterocycles. The highest BCUT2D eigenvalue weighted by Gasteiger charge is 2.24. The summed E-state index contributed by atoms with van der Waals surface area (Å²) in [6.45, 7) is 10.1. The molecule has 3 nitrogen and oxygen atoms in total. The quantitative estimate of drug-likeness (QED) is 0.788. The summed E-state index contributed by atoms with van der Waals surface area (Å²) in [6.07, 6.45) is 2.84. The van der Waals surface area contributed by atoms with Gasteiger partial charge in [0.25, 0.3) is 0 Å². The van der Waals surface area contributed by atoms with E-state index in [0.717, 1.165) is 31.8 Å². The molecule has 1 rings (SSSR count). The standard InChI is InChI=1S/C12H26N2OS/c1-10(2)12-9-14(7-6-13-12)11(3)5-8-16(4)15/h10-13H,5-9H2,1-4H3. The maximum absolute atomic E-state index is 11.1. The molecule has 0 aromatic heterocycles. The molecule has 1 aliphatic rings. The molecule has 3 atom stereocenters. The van der Waals surface area contributed by atoms with Gasteiger partial charge in [-0.1, -0.05) is 13.8 Å². The highest BCUT2D eigenvalue weighted by atomic mass is 32.2. The minimum atomic E-state index is -0.650. The molecule has 1 N–H and O–H groups in total. The van der Waals surface area contributed by atoms with Gasteiger partial charge < -0.3 is 5.32 Å². The lowest BCUT2D eigenvalue weighted by atomic mass is 10.0. The van der Waals surface area contributed by atoms with E-state index in [2.05, 4.69) is 31.0 Å². The predicted molar refractivity (Wildman–Crippen MR) is 71.2 cm³/mol. The average molecular weight is 246 g/mol. The van der Waals surface area contributed by atoms with Gasteiger partial charge in [0, 0.05) is 54.5 Å². The van der Waals surface area contributed by atoms with Crippen LogP contribution in [0.3, 0.4) is 0 Å². The van der Waals surface area contributed by atoms with E-state index in [0.29, 0.717) is 18.0 Å². The first-order valence-corrected chi connectivity index (χ1v) is 8.01. The van der Waals surface area contributed by atoms with Gasteiger partial charge >= 0.3 is 0 Å². The fourth-order valence-electron chi connectivity index (χ4n) is 2.17. The molecule has 96 valence electrons. The normalized spacial score (nSPS) is 26.9. The Morgan fingerprint density at radius 3 is 2.69 bits per heavy atom. The largest absolute Gasteiger partial charge is 0.311 e. The SMILES string of the molecule is CC(C)C1CN(C(C)CCS(C)=O)CCN1. The molecule has 0 radical (unpaired) electrons. The molecule has 4 heteroatoms. The van der Waals surface area contributed by atoms with Gasteiger partial charge in [0.05, 0.1) is 0 Å². The first-order valence-electron chi connectivity index (χ1n) is 6.28. The van der Waals surface area contributed by atoms with Crippen molar-refractivity contribution in [1.29, 1.82) is 0 Å². The summed E-state index contributed by atoms with van der Waals surface area (Å²) < 4.78 is 11.1. The van der Waals surface area contributed by atoms with E-state index in [1.807, 2.05) is 0 Å². The minimum absolute atomic E-state index is 0.562. The van der Waals surface area contributed by atoms with Crippen molar-refractivity contribution in [2.45, 2.75) is 39.3 Å². The van der Waals surface area contributed by atoms with Crippen LogP contribution in [0.4, 0.5) is 0 Å². The highest BCUT2D eigenvalue weighted by Crippen LogP contribution is 2.12. The number of nitrogens with zero attached hydrogens (tertiary/aromatic N) is 1. The van der Waals surface area contributed by atoms with Crippen molar-refractivity contribution < 1.29 is 4.21 Å². The van der Waals surface area contributed by atoms with Crippen molar-refractivity contribution in [3.63, 3.8) is 0 Å². The Balaban J connectivity index is 2.37. The van der Waals surface area contributed by atoms with Gasteiger partial charge in [-0.05, 0) is 19.3 Å². The molecule has 0 spiro atoms. The monoisotopic (exact) mass is 246 g/mol. The minimum Gasteiger partial charge on any atom is -0.311 e. The van der Waals surface area contributed by atoms with E-state index in [1.54, 1.807) is 6.26 Å². The summed E-state index contributed by atoms with van der Waals surface area (Å²) in [5.74, 6) is 1.52. The van der Waals surface area contributed by atoms with Crippen LogP contribution in [-0.2, 0) is 10.8 Å². The maximum Gasteiger partial charge on any atom is 0.0246 e. The van der Waals surface area contributed by atoms with Crippen LogP contribution in [0.1, 0.15) is 27.2 Å². The Labute approximate surface area is 102 Å². The molecule has 1 heterocycles. The molecule has 0 aromatic rings. The zero-order valence-electron chi connectivity index (χ0n) is 11.0. The lowest BCUT2D eigenvalue weighted by Gasteiger charge is -2.39. The zero-order valence-corrected chi connectivity index (χ0v) is 11.8. The predicted octanol–water partition coefficient (Wildman–Crippen LogP) is 1.07. The van der Waals surface area contributed by atoms with Crippen LogP contribution in [0.5, 0.6) is 0 Å². The van der Waals surface area contributed by atoms with Crippen LogP contribution >= 0.6 is 0 Å². The summed E-state index contributed by atoms with van der Waals surface area (Å²) >= 11 is 0. The number of nitrogens with one attached hydrogen (secondary N) is 1. The Bertz CT molecular complexity index is 233. The summed E-state index contributed by atoms with van der Waals surface area (Å²) in [6, 6.07) is 1.18. The van der Waals surface area contributed by atoms with Crippen LogP contribution in [0, 0.1) is 5.92 Å². The molecule has 3 unspecified atom stereocenters. The molecule has 1 fully saturated rings. The Hall–Kier alpha value is 0.0700. The third kappa shape index (κ3) is 4.52. The van der Waals surface area contributed by atoms with Crippen LogP contribution in [0.15, 0.2) is 0 Å². The van der Waals surface area contributed by atoms with Crippen LogP contribution in [0.25, 0.3) is 0 Å². The summed E-state index contributed by atoms with van der Waals surface area (Å²) in [5.41, 5.74) is 0. The number of piperazine rings is 1. The van der Waals surface area contributed by atoms with Crippen molar-refractivity contribution in [1.82, 2.24) is 10.2 Å². The summed E-state index contributed by atoms with van der Waals surface area (Å²) in [4.78, 5) is 2.54. The molecule has 0 bridgehead atoms. The Morgan fingerprint density at radius 1 is 1.44 bits per heavy atom. The van der Waals surface area contributed by atoms with Crippen molar-refractivity contribution in [2.75, 3.05) is 31.6 Å². The topological polar surface area (TPSA) is 32.3 Å². The third-order valence-electron chi connectivity index (χ3n) is 3.49. The second-order valence-corrected chi connectivity index (χ2v) is 6.77. The smallest absolute Gasteiger partial charge is 0.0246 e. The fraction of sp³-hybridized carbons (Fsp3) is 1.00. The average Bonchev–Trinajstić information content (AvgIpc) is 2.26. The van der Waals surface area contributed by atoms with Crippen molar-refractivity contribution in [3.05, 3.63) is 0 Å². The van der Waals surface area contributed by atoms with E-state index in [4.69, 9.17) is 0 Å². The molecule has 0 aromatic carbocycles. The van der Waals surface area contributed by atoms with E-state index in [9.17, 15) is 4.21 Å². The van der Waals surface area contributed by atoms with Crippen LogP contribution in [0.2, 0.25) is 0 Å². The van der Waals surface area contributed by atoms with Crippen LogP contribution < -0.4 is 5.32 Å². The second kappa shape index (κ2) is 6.72. The van der Waals surface area contributed by atoms with E-state index in [1.165, 1.54) is 0 Å². The molecule has 0 saturated carbocycles. The molecule has 0 aliphatic carbocycles. The zero-order chi connectivity index (χ0) is 12.1. The lowest BCUT2D eigenvalue weighted by molar-refractivity contribution is 0.132. The van der Waals surface area contributed by atoms with Gasteiger partial charge in [0.1, 0.15) is 0 Å². The van der Waals surface area contributed by atoms with Gasteiger partial charge in [-0.3, -0.25) is 9.11 Å². The molecule has 1 aliphatic heterocycles. The second-order valence-electron chi connectivity index (χ2n) is 5.21. The number of rotatable bonds is 5. The van der Waals surface area contributed by atoms with Crippen LogP contribution in [-0.4, -0.2) is 52.8 Å². The van der Waals surface area contributed by atoms with E-state index >= 15 is 0 Å². The summed E-state index contributed by atoms with van der Waals surface area (Å²) in [5, 5.41) is 3.57. The Kier molecular flexibility index (Phi) is 5.94. The molecule has 16 heavy (non-hydrogen) atoms. The van der Waals surface area contributed by atoms with Gasteiger partial charge in [-0.15, -0.1) is 0 Å². The fourth-order valence-corrected chi connectivity index (χ4v) is 2.84. The molecular weight excluding hydrogens is 220 g/mol. The van der Waals surface area contributed by atoms with E-state index < -0.39 is 10.8 Å². The van der Waals surface area contributed by atoms with Gasteiger partial charge in [-0.25, -0.2) is 0 Å². The van der Waals surface area contributed by atoms with Gasteiger partial charge in [0.15, 0.2) is 0 Å². The van der Waals surface area contributed by atoms with Crippen molar-refractivity contribution in [3.8, 4) is 0 Å². The van der Waals surface area contributed by atoms with E-state index in [-0.39, 0.29) is 0 Å². The maximum atomic E-state index is 11.1. The number of hydrogen-bond donors (Lipinski definition) is 1. The summed E-state index contributed by atoms with van der Waals surface area (Å²) in [7, 11) is -0.650. The molecule has 0 amide bonds. The van der Waals surface area contributed by atoms with Crippen molar-refractivity contribution >= 4 is 10.8 Å². The first-order chi connectivity index (χ1) is 7.50. The Morgan fingerprint density at radius 2 is 2.12 bits per heavy atom. The number of hydrogen-bond acceptors (Lipinski definition) is 3. The lowest BCUT2D eigenvalue weighted by Crippen LogP contribution is -2.55. The van der Waals surface area contributed by atoms with Gasteiger partial charge in [0.2, 0.25) is 0 Å². The van der Waals surface area contributed by atoms with Crippen molar-refractivity contribution in [2.24, 2.45) is 5.92 Å². The highest BCUT2D eigenvalue weighted by molar-refractivity contribution is 7.84.